The Morgan fingerprint density at radius 3 is 1.39 bits per heavy atom. The van der Waals surface area contributed by atoms with E-state index in [0.29, 0.717) is 17.5 Å². The van der Waals surface area contributed by atoms with Crippen molar-refractivity contribution in [3.8, 4) is 45.3 Å². The molecule has 3 nitrogen and oxygen atoms in total. The molecule has 11 rings (SSSR count). The molecule has 0 aliphatic rings. The molecule has 0 aliphatic carbocycles. The van der Waals surface area contributed by atoms with E-state index in [9.17, 15) is 0 Å². The molecule has 7 aromatic carbocycles. The summed E-state index contributed by atoms with van der Waals surface area (Å²) in [5.74, 6) is 2.01. The minimum absolute atomic E-state index is 0.667. The van der Waals surface area contributed by atoms with E-state index in [4.69, 9.17) is 15.0 Å². The van der Waals surface area contributed by atoms with Gasteiger partial charge < -0.3 is 0 Å². The van der Waals surface area contributed by atoms with Crippen LogP contribution in [0.2, 0.25) is 0 Å². The lowest BCUT2D eigenvalue weighted by molar-refractivity contribution is 1.08. The molecule has 0 atom stereocenters. The molecule has 0 unspecified atom stereocenters. The second-order valence-electron chi connectivity index (χ2n) is 12.8. The third-order valence-electron chi connectivity index (χ3n) is 9.75. The minimum atomic E-state index is 0.667. The molecule has 4 aromatic heterocycles. The van der Waals surface area contributed by atoms with Gasteiger partial charge in [-0.2, -0.15) is 0 Å². The smallest absolute Gasteiger partial charge is 0.164 e. The fourth-order valence-corrected chi connectivity index (χ4v) is 10.7. The van der Waals surface area contributed by atoms with Crippen LogP contribution in [-0.4, -0.2) is 15.0 Å². The maximum atomic E-state index is 5.15. The number of hydrogen-bond acceptors (Lipinski definition) is 6. The molecule has 0 N–H and O–H groups in total. The van der Waals surface area contributed by atoms with Crippen molar-refractivity contribution in [1.29, 1.82) is 0 Å². The van der Waals surface area contributed by atoms with Gasteiger partial charge in [0.15, 0.2) is 17.5 Å². The summed E-state index contributed by atoms with van der Waals surface area (Å²) in [7, 11) is 0. The zero-order chi connectivity index (χ0) is 33.5. The number of nitrogens with zero attached hydrogens (tertiary/aromatic N) is 3. The van der Waals surface area contributed by atoms with Gasteiger partial charge in [0.05, 0.1) is 0 Å². The molecular formula is C45H25N3S3. The molecule has 0 spiro atoms. The highest BCUT2D eigenvalue weighted by Gasteiger charge is 2.17. The van der Waals surface area contributed by atoms with Crippen LogP contribution in [0.15, 0.2) is 152 Å². The van der Waals surface area contributed by atoms with Crippen molar-refractivity contribution in [3.63, 3.8) is 0 Å². The lowest BCUT2D eigenvalue weighted by Crippen LogP contribution is -2.00. The molecule has 0 fully saturated rings. The van der Waals surface area contributed by atoms with Gasteiger partial charge >= 0.3 is 0 Å². The van der Waals surface area contributed by atoms with Gasteiger partial charge in [-0.25, -0.2) is 15.0 Å². The van der Waals surface area contributed by atoms with Crippen molar-refractivity contribution in [2.75, 3.05) is 0 Å². The molecule has 0 amide bonds. The monoisotopic (exact) mass is 703 g/mol. The van der Waals surface area contributed by atoms with Crippen LogP contribution in [0.25, 0.3) is 106 Å². The molecule has 0 radical (unpaired) electrons. The predicted octanol–water partition coefficient (Wildman–Crippen LogP) is 13.6. The van der Waals surface area contributed by atoms with Crippen molar-refractivity contribution < 1.29 is 0 Å². The van der Waals surface area contributed by atoms with Gasteiger partial charge in [0.2, 0.25) is 0 Å². The molecule has 6 heteroatoms. The van der Waals surface area contributed by atoms with E-state index in [1.54, 1.807) is 0 Å². The van der Waals surface area contributed by atoms with Crippen LogP contribution in [-0.2, 0) is 0 Å². The van der Waals surface area contributed by atoms with Gasteiger partial charge in [0, 0.05) is 77.2 Å². The summed E-state index contributed by atoms with van der Waals surface area (Å²) in [5, 5.41) is 7.59. The van der Waals surface area contributed by atoms with E-state index in [0.717, 1.165) is 16.7 Å². The van der Waals surface area contributed by atoms with Crippen LogP contribution in [0.3, 0.4) is 0 Å². The van der Waals surface area contributed by atoms with Gasteiger partial charge in [-0.3, -0.25) is 0 Å². The summed E-state index contributed by atoms with van der Waals surface area (Å²) >= 11 is 5.52. The third kappa shape index (κ3) is 4.72. The molecule has 0 saturated heterocycles. The number of fused-ring (bicyclic) bond motifs is 9. The first-order chi connectivity index (χ1) is 25.2. The van der Waals surface area contributed by atoms with Gasteiger partial charge in [0.1, 0.15) is 0 Å². The van der Waals surface area contributed by atoms with Crippen LogP contribution >= 0.6 is 34.0 Å². The average molecular weight is 704 g/mol. The Morgan fingerprint density at radius 1 is 0.294 bits per heavy atom. The first kappa shape index (κ1) is 29.0. The Bertz CT molecular complexity index is 3150. The molecule has 51 heavy (non-hydrogen) atoms. The summed E-state index contributed by atoms with van der Waals surface area (Å²) in [6, 6.07) is 54.3. The average Bonchev–Trinajstić information content (AvgIpc) is 3.88. The van der Waals surface area contributed by atoms with Crippen molar-refractivity contribution in [1.82, 2.24) is 15.0 Å². The molecule has 4 heterocycles. The number of hydrogen-bond donors (Lipinski definition) is 0. The fraction of sp³-hybridized carbons (Fsp3) is 0. The van der Waals surface area contributed by atoms with Crippen molar-refractivity contribution in [2.45, 2.75) is 0 Å². The first-order valence-corrected chi connectivity index (χ1v) is 19.3. The van der Waals surface area contributed by atoms with Crippen LogP contribution in [0.4, 0.5) is 0 Å². The summed E-state index contributed by atoms with van der Waals surface area (Å²) in [6.45, 7) is 0. The zero-order valence-electron chi connectivity index (χ0n) is 27.0. The van der Waals surface area contributed by atoms with Crippen molar-refractivity contribution >= 4 is 94.5 Å². The Kier molecular flexibility index (Phi) is 6.46. The summed E-state index contributed by atoms with van der Waals surface area (Å²) in [5.41, 5.74) is 5.42. The Morgan fingerprint density at radius 2 is 0.745 bits per heavy atom. The normalized spacial score (nSPS) is 11.9. The van der Waals surface area contributed by atoms with E-state index in [1.807, 2.05) is 52.2 Å². The standard InChI is InChI=1S/C45H25N3S3/c1-2-9-26(10-3-1)43-46-44(28-18-21-39-34(24-28)32-12-5-6-15-37(32)49-39)48-45(47-43)29-19-22-41-36(25-29)35-23-27(17-20-40(35)50-41)30-13-8-14-33-31-11-4-7-16-38(31)51-42(30)33/h1-25H. The summed E-state index contributed by atoms with van der Waals surface area (Å²) in [4.78, 5) is 15.3. The largest absolute Gasteiger partial charge is 0.208 e. The quantitative estimate of drug-likeness (QED) is 0.183. The highest BCUT2D eigenvalue weighted by Crippen LogP contribution is 2.43. The van der Waals surface area contributed by atoms with Crippen LogP contribution in [0.5, 0.6) is 0 Å². The number of thiophene rings is 3. The maximum absolute atomic E-state index is 5.15. The number of benzene rings is 7. The summed E-state index contributed by atoms with van der Waals surface area (Å²) in [6.07, 6.45) is 0. The van der Waals surface area contributed by atoms with E-state index in [2.05, 4.69) is 133 Å². The second-order valence-corrected chi connectivity index (χ2v) is 16.0. The fourth-order valence-electron chi connectivity index (χ4n) is 7.27. The van der Waals surface area contributed by atoms with Crippen molar-refractivity contribution in [2.24, 2.45) is 0 Å². The van der Waals surface area contributed by atoms with E-state index >= 15 is 0 Å². The van der Waals surface area contributed by atoms with Gasteiger partial charge in [-0.1, -0.05) is 91.0 Å². The lowest BCUT2D eigenvalue weighted by atomic mass is 10.00. The van der Waals surface area contributed by atoms with Crippen molar-refractivity contribution in [3.05, 3.63) is 152 Å². The Balaban J connectivity index is 1.08. The number of rotatable bonds is 4. The van der Waals surface area contributed by atoms with E-state index in [-0.39, 0.29) is 0 Å². The molecular weight excluding hydrogens is 679 g/mol. The molecule has 11 aromatic rings. The van der Waals surface area contributed by atoms with Crippen LogP contribution in [0, 0.1) is 0 Å². The van der Waals surface area contributed by atoms with Gasteiger partial charge in [-0.05, 0) is 71.8 Å². The molecule has 0 bridgehead atoms. The van der Waals surface area contributed by atoms with Gasteiger partial charge in [0.25, 0.3) is 0 Å². The zero-order valence-corrected chi connectivity index (χ0v) is 29.4. The van der Waals surface area contributed by atoms with Gasteiger partial charge in [-0.15, -0.1) is 34.0 Å². The molecule has 0 aliphatic heterocycles. The second kappa shape index (κ2) is 11.4. The predicted molar refractivity (Wildman–Crippen MR) is 220 cm³/mol. The topological polar surface area (TPSA) is 38.7 Å². The lowest BCUT2D eigenvalue weighted by Gasteiger charge is -2.09. The Hall–Kier alpha value is -5.79. The van der Waals surface area contributed by atoms with Crippen LogP contribution in [0.1, 0.15) is 0 Å². The Labute approximate surface area is 304 Å². The number of aromatic nitrogens is 3. The highest BCUT2D eigenvalue weighted by molar-refractivity contribution is 7.27. The molecule has 0 saturated carbocycles. The maximum Gasteiger partial charge on any atom is 0.164 e. The van der Waals surface area contributed by atoms with Crippen LogP contribution < -0.4 is 0 Å². The van der Waals surface area contributed by atoms with E-state index in [1.165, 1.54) is 71.6 Å². The third-order valence-corrected chi connectivity index (χ3v) is 13.3. The minimum Gasteiger partial charge on any atom is -0.208 e. The molecule has 238 valence electrons. The van der Waals surface area contributed by atoms with E-state index < -0.39 is 0 Å². The SMILES string of the molecule is c1ccc(-c2nc(-c3ccc4sc5ccccc5c4c3)nc(-c3ccc4sc5ccc(-c6cccc7c6sc6ccccc67)cc5c4c3)n2)cc1. The highest BCUT2D eigenvalue weighted by atomic mass is 32.1. The summed E-state index contributed by atoms with van der Waals surface area (Å²) < 4.78 is 7.71. The first-order valence-electron chi connectivity index (χ1n) is 16.8.